The van der Waals surface area contributed by atoms with Gasteiger partial charge in [-0.15, -0.1) is 0 Å². The van der Waals surface area contributed by atoms with E-state index in [9.17, 15) is 5.11 Å². The van der Waals surface area contributed by atoms with Crippen LogP contribution in [0.3, 0.4) is 0 Å². The van der Waals surface area contributed by atoms with Crippen molar-refractivity contribution in [2.45, 2.75) is 31.3 Å². The second kappa shape index (κ2) is 8.52. The van der Waals surface area contributed by atoms with Gasteiger partial charge in [-0.25, -0.2) is 0 Å². The molecule has 3 aromatic carbocycles. The average molecular weight is 417 g/mol. The van der Waals surface area contributed by atoms with E-state index in [0.717, 1.165) is 55.5 Å². The van der Waals surface area contributed by atoms with Gasteiger partial charge >= 0.3 is 0 Å². The SMILES string of the molecule is CCN1CC2(CCN(CC(O)COc3cccc4ccccc34)CC2)c2ccccc21. The number of aliphatic hydroxyl groups is 1. The maximum Gasteiger partial charge on any atom is 0.127 e. The number of hydrogen-bond donors (Lipinski definition) is 1. The molecule has 0 aliphatic carbocycles. The summed E-state index contributed by atoms with van der Waals surface area (Å²) in [4.78, 5) is 4.93. The number of benzene rings is 3. The molecule has 1 atom stereocenters. The van der Waals surface area contributed by atoms with Crippen molar-refractivity contribution in [2.75, 3.05) is 44.2 Å². The maximum atomic E-state index is 10.7. The van der Waals surface area contributed by atoms with Crippen LogP contribution in [0.5, 0.6) is 5.75 Å². The first kappa shape index (κ1) is 20.3. The quantitative estimate of drug-likeness (QED) is 0.644. The molecule has 0 amide bonds. The number of ether oxygens (including phenoxy) is 1. The molecule has 0 radical (unpaired) electrons. The number of rotatable bonds is 6. The van der Waals surface area contributed by atoms with E-state index in [1.165, 1.54) is 11.3 Å². The normalized spacial score (nSPS) is 19.0. The van der Waals surface area contributed by atoms with Crippen LogP contribution in [0.15, 0.2) is 66.7 Å². The summed E-state index contributed by atoms with van der Waals surface area (Å²) in [5.74, 6) is 0.844. The molecule has 4 heteroatoms. The molecule has 0 saturated carbocycles. The van der Waals surface area contributed by atoms with Gasteiger partial charge in [-0.3, -0.25) is 0 Å². The number of likely N-dealkylation sites (tertiary alicyclic amines) is 1. The van der Waals surface area contributed by atoms with Crippen LogP contribution in [0.1, 0.15) is 25.3 Å². The molecule has 5 rings (SSSR count). The third-order valence-electron chi connectivity index (χ3n) is 7.15. The molecule has 3 aromatic rings. The van der Waals surface area contributed by atoms with Gasteiger partial charge in [-0.2, -0.15) is 0 Å². The van der Waals surface area contributed by atoms with Crippen molar-refractivity contribution in [3.8, 4) is 5.75 Å². The molecule has 2 heterocycles. The molecule has 162 valence electrons. The van der Waals surface area contributed by atoms with Gasteiger partial charge in [0.1, 0.15) is 18.5 Å². The zero-order chi connectivity index (χ0) is 21.3. The van der Waals surface area contributed by atoms with E-state index in [-0.39, 0.29) is 5.41 Å². The number of para-hydroxylation sites is 1. The number of β-amino-alcohol motifs (C(OH)–C–C–N with tert-alkyl or cyclic N) is 1. The van der Waals surface area contributed by atoms with Crippen molar-refractivity contribution in [1.29, 1.82) is 0 Å². The van der Waals surface area contributed by atoms with E-state index in [1.807, 2.05) is 24.3 Å². The van der Waals surface area contributed by atoms with Gasteiger partial charge in [0.15, 0.2) is 0 Å². The maximum absolute atomic E-state index is 10.7. The Kier molecular flexibility index (Phi) is 5.59. The molecule has 1 saturated heterocycles. The summed E-state index contributed by atoms with van der Waals surface area (Å²) in [6.07, 6.45) is 1.81. The van der Waals surface area contributed by atoms with Crippen LogP contribution in [0.25, 0.3) is 10.8 Å². The fraction of sp³-hybridized carbons (Fsp3) is 0.407. The zero-order valence-electron chi connectivity index (χ0n) is 18.3. The molecule has 1 N–H and O–H groups in total. The third kappa shape index (κ3) is 3.90. The van der Waals surface area contributed by atoms with Crippen LogP contribution in [0, 0.1) is 0 Å². The summed E-state index contributed by atoms with van der Waals surface area (Å²) in [5.41, 5.74) is 3.21. The lowest BCUT2D eigenvalue weighted by atomic mass is 9.74. The number of piperidine rings is 1. The van der Waals surface area contributed by atoms with Gasteiger partial charge in [0.05, 0.1) is 0 Å². The van der Waals surface area contributed by atoms with Gasteiger partial charge in [0.2, 0.25) is 0 Å². The molecule has 1 fully saturated rings. The molecule has 4 nitrogen and oxygen atoms in total. The van der Waals surface area contributed by atoms with Crippen molar-refractivity contribution < 1.29 is 9.84 Å². The number of nitrogens with zero attached hydrogens (tertiary/aromatic N) is 2. The Morgan fingerprint density at radius 3 is 2.55 bits per heavy atom. The lowest BCUT2D eigenvalue weighted by molar-refractivity contribution is 0.0524. The first-order chi connectivity index (χ1) is 15.2. The van der Waals surface area contributed by atoms with Gasteiger partial charge in [0.25, 0.3) is 0 Å². The van der Waals surface area contributed by atoms with Crippen LogP contribution in [-0.2, 0) is 5.41 Å². The van der Waals surface area contributed by atoms with E-state index in [1.54, 1.807) is 0 Å². The smallest absolute Gasteiger partial charge is 0.127 e. The summed E-state index contributed by atoms with van der Waals surface area (Å²) in [5, 5.41) is 12.9. The largest absolute Gasteiger partial charge is 0.490 e. The Labute approximate surface area is 185 Å². The minimum absolute atomic E-state index is 0.271. The Hall–Kier alpha value is -2.56. The molecule has 1 spiro atoms. The minimum atomic E-state index is -0.490. The van der Waals surface area contributed by atoms with Crippen LogP contribution in [0.2, 0.25) is 0 Å². The van der Waals surface area contributed by atoms with Crippen molar-refractivity contribution >= 4 is 16.5 Å². The molecule has 31 heavy (non-hydrogen) atoms. The lowest BCUT2D eigenvalue weighted by Gasteiger charge is -2.40. The molecule has 0 aromatic heterocycles. The van der Waals surface area contributed by atoms with E-state index in [2.05, 4.69) is 59.2 Å². The van der Waals surface area contributed by atoms with Crippen LogP contribution < -0.4 is 9.64 Å². The number of hydrogen-bond acceptors (Lipinski definition) is 4. The highest BCUT2D eigenvalue weighted by atomic mass is 16.5. The van der Waals surface area contributed by atoms with E-state index in [0.29, 0.717) is 13.2 Å². The van der Waals surface area contributed by atoms with E-state index in [4.69, 9.17) is 4.74 Å². The standard InChI is InChI=1S/C27H32N2O2/c1-2-29-20-27(24-11-5-6-12-25(24)29)14-16-28(17-15-27)18-22(30)19-31-26-13-7-9-21-8-3-4-10-23(21)26/h3-13,22,30H,2,14-20H2,1H3. The Morgan fingerprint density at radius 2 is 1.71 bits per heavy atom. The fourth-order valence-corrected chi connectivity index (χ4v) is 5.47. The Bertz CT molecular complexity index is 1040. The zero-order valence-corrected chi connectivity index (χ0v) is 18.3. The summed E-state index contributed by atoms with van der Waals surface area (Å²) in [6.45, 7) is 7.48. The van der Waals surface area contributed by atoms with Crippen LogP contribution >= 0.6 is 0 Å². The summed E-state index contributed by atoms with van der Waals surface area (Å²) in [7, 11) is 0. The van der Waals surface area contributed by atoms with Gasteiger partial charge in [0, 0.05) is 36.1 Å². The number of anilines is 1. The highest BCUT2D eigenvalue weighted by Crippen LogP contribution is 2.46. The molecule has 2 aliphatic heterocycles. The molecule has 1 unspecified atom stereocenters. The number of fused-ring (bicyclic) bond motifs is 3. The predicted molar refractivity (Wildman–Crippen MR) is 127 cm³/mol. The van der Waals surface area contributed by atoms with Crippen molar-refractivity contribution in [2.24, 2.45) is 0 Å². The van der Waals surface area contributed by atoms with Crippen molar-refractivity contribution in [3.63, 3.8) is 0 Å². The highest BCUT2D eigenvalue weighted by Gasteiger charge is 2.44. The summed E-state index contributed by atoms with van der Waals surface area (Å²) < 4.78 is 6.01. The predicted octanol–water partition coefficient (Wildman–Crippen LogP) is 4.45. The minimum Gasteiger partial charge on any atom is -0.490 e. The Morgan fingerprint density at radius 1 is 0.968 bits per heavy atom. The van der Waals surface area contributed by atoms with E-state index >= 15 is 0 Å². The molecule has 2 aliphatic rings. The lowest BCUT2D eigenvalue weighted by Crippen LogP contribution is -2.47. The van der Waals surface area contributed by atoms with Crippen molar-refractivity contribution in [3.05, 3.63) is 72.3 Å². The topological polar surface area (TPSA) is 35.9 Å². The van der Waals surface area contributed by atoms with Gasteiger partial charge in [-0.1, -0.05) is 54.6 Å². The van der Waals surface area contributed by atoms with Crippen LogP contribution in [0.4, 0.5) is 5.69 Å². The highest BCUT2D eigenvalue weighted by molar-refractivity contribution is 5.88. The first-order valence-electron chi connectivity index (χ1n) is 11.5. The number of likely N-dealkylation sites (N-methyl/N-ethyl adjacent to an activating group) is 1. The third-order valence-corrected chi connectivity index (χ3v) is 7.15. The monoisotopic (exact) mass is 416 g/mol. The second-order valence-electron chi connectivity index (χ2n) is 9.05. The fourth-order valence-electron chi connectivity index (χ4n) is 5.47. The Balaban J connectivity index is 1.18. The summed E-state index contributed by atoms with van der Waals surface area (Å²) in [6, 6.07) is 23.2. The molecule has 0 bridgehead atoms. The molecular formula is C27H32N2O2. The average Bonchev–Trinajstić information content (AvgIpc) is 3.13. The summed E-state index contributed by atoms with van der Waals surface area (Å²) >= 11 is 0. The van der Waals surface area contributed by atoms with E-state index < -0.39 is 6.10 Å². The molecular weight excluding hydrogens is 384 g/mol. The van der Waals surface area contributed by atoms with Crippen LogP contribution in [-0.4, -0.2) is 55.4 Å². The van der Waals surface area contributed by atoms with Gasteiger partial charge < -0.3 is 19.6 Å². The second-order valence-corrected chi connectivity index (χ2v) is 9.05. The number of aliphatic hydroxyl groups excluding tert-OH is 1. The van der Waals surface area contributed by atoms with Gasteiger partial charge in [-0.05, 0) is 55.9 Å². The van der Waals surface area contributed by atoms with Crippen molar-refractivity contribution in [1.82, 2.24) is 4.90 Å². The first-order valence-corrected chi connectivity index (χ1v) is 11.5.